The predicted molar refractivity (Wildman–Crippen MR) is 134 cm³/mol. The molecule has 0 saturated carbocycles. The fraction of sp³-hybridized carbons (Fsp3) is 0.414. The molecule has 1 unspecified atom stereocenters. The first-order valence-corrected chi connectivity index (χ1v) is 12.3. The number of carbonyl (C=O) groups is 1. The molecule has 0 fully saturated rings. The zero-order valence-electron chi connectivity index (χ0n) is 20.7. The smallest absolute Gasteiger partial charge is 0.306 e. The van der Waals surface area contributed by atoms with Crippen molar-refractivity contribution >= 4 is 5.97 Å². The van der Waals surface area contributed by atoms with Crippen LogP contribution >= 0.6 is 0 Å². The van der Waals surface area contributed by atoms with Crippen molar-refractivity contribution in [2.75, 3.05) is 20.3 Å². The minimum atomic E-state index is -0.132. The topological polar surface area (TPSA) is 49.7 Å². The standard InChI is InChI=1S/C29H35NO4/c1-5-33-27-11-7-9-21(29(27)32-4)13-14-22-18-23(19-28(31)34-6-2)25-10-8-16-30(25)26-15-12-20(3)17-24(22)26/h7-12,15-17,22-23H,5-6,13-14,18-19H2,1-4H3/t22?,23-/m0/s1. The Morgan fingerprint density at radius 3 is 2.68 bits per heavy atom. The van der Waals surface area contributed by atoms with Crippen LogP contribution in [-0.2, 0) is 16.0 Å². The van der Waals surface area contributed by atoms with Crippen LogP contribution in [0.3, 0.4) is 0 Å². The van der Waals surface area contributed by atoms with E-state index in [2.05, 4.69) is 54.1 Å². The van der Waals surface area contributed by atoms with Crippen molar-refractivity contribution in [1.29, 1.82) is 0 Å². The van der Waals surface area contributed by atoms with Crippen molar-refractivity contribution in [1.82, 2.24) is 4.57 Å². The number of methoxy groups -OCH3 is 1. The highest BCUT2D eigenvalue weighted by atomic mass is 16.5. The third-order valence-corrected chi connectivity index (χ3v) is 6.69. The van der Waals surface area contributed by atoms with Crippen LogP contribution in [-0.4, -0.2) is 30.9 Å². The highest BCUT2D eigenvalue weighted by Gasteiger charge is 2.30. The molecule has 1 aliphatic heterocycles. The van der Waals surface area contributed by atoms with Gasteiger partial charge in [0.25, 0.3) is 0 Å². The molecule has 1 aromatic heterocycles. The first kappa shape index (κ1) is 23.9. The molecule has 3 aromatic rings. The number of aryl methyl sites for hydroxylation is 2. The molecule has 2 atom stereocenters. The Balaban J connectivity index is 1.68. The second-order valence-electron chi connectivity index (χ2n) is 8.92. The summed E-state index contributed by atoms with van der Waals surface area (Å²) < 4.78 is 19.1. The van der Waals surface area contributed by atoms with Crippen LogP contribution in [0.5, 0.6) is 11.5 Å². The van der Waals surface area contributed by atoms with E-state index in [4.69, 9.17) is 14.2 Å². The number of aromatic nitrogens is 1. The largest absolute Gasteiger partial charge is 0.493 e. The second-order valence-corrected chi connectivity index (χ2v) is 8.92. The van der Waals surface area contributed by atoms with Gasteiger partial charge >= 0.3 is 5.97 Å². The van der Waals surface area contributed by atoms with Gasteiger partial charge in [0.05, 0.1) is 26.7 Å². The van der Waals surface area contributed by atoms with Crippen molar-refractivity contribution in [2.24, 2.45) is 0 Å². The summed E-state index contributed by atoms with van der Waals surface area (Å²) in [7, 11) is 1.70. The van der Waals surface area contributed by atoms with E-state index in [0.29, 0.717) is 25.6 Å². The lowest BCUT2D eigenvalue weighted by atomic mass is 9.82. The van der Waals surface area contributed by atoms with Crippen molar-refractivity contribution in [3.05, 3.63) is 77.1 Å². The number of hydrogen-bond acceptors (Lipinski definition) is 4. The number of rotatable bonds is 9. The lowest BCUT2D eigenvalue weighted by Crippen LogP contribution is -2.13. The first-order chi connectivity index (χ1) is 16.5. The normalized spacial score (nSPS) is 16.8. The van der Waals surface area contributed by atoms with Crippen molar-refractivity contribution in [2.45, 2.75) is 58.3 Å². The van der Waals surface area contributed by atoms with Crippen LogP contribution in [0.1, 0.15) is 67.3 Å². The summed E-state index contributed by atoms with van der Waals surface area (Å²) >= 11 is 0. The van der Waals surface area contributed by atoms with Gasteiger partial charge in [-0.25, -0.2) is 0 Å². The van der Waals surface area contributed by atoms with Gasteiger partial charge < -0.3 is 18.8 Å². The van der Waals surface area contributed by atoms with Crippen LogP contribution < -0.4 is 9.47 Å². The Labute approximate surface area is 202 Å². The Morgan fingerprint density at radius 1 is 1.06 bits per heavy atom. The van der Waals surface area contributed by atoms with Gasteiger partial charge in [-0.15, -0.1) is 0 Å². The van der Waals surface area contributed by atoms with Gasteiger partial charge in [0.1, 0.15) is 0 Å². The molecular formula is C29H35NO4. The van der Waals surface area contributed by atoms with Gasteiger partial charge in [0.2, 0.25) is 0 Å². The molecule has 0 N–H and O–H groups in total. The fourth-order valence-corrected chi connectivity index (χ4v) is 5.23. The minimum absolute atomic E-state index is 0.100. The van der Waals surface area contributed by atoms with E-state index in [9.17, 15) is 4.79 Å². The Kier molecular flexibility index (Phi) is 7.61. The maximum atomic E-state index is 12.5. The predicted octanol–water partition coefficient (Wildman–Crippen LogP) is 6.35. The van der Waals surface area contributed by atoms with Gasteiger partial charge in [-0.2, -0.15) is 0 Å². The molecule has 180 valence electrons. The molecule has 4 rings (SSSR count). The average molecular weight is 462 g/mol. The molecule has 2 heterocycles. The first-order valence-electron chi connectivity index (χ1n) is 12.3. The van der Waals surface area contributed by atoms with Crippen LogP contribution in [0, 0.1) is 6.92 Å². The average Bonchev–Trinajstić information content (AvgIpc) is 3.27. The molecule has 2 aromatic carbocycles. The minimum Gasteiger partial charge on any atom is -0.493 e. The molecule has 5 nitrogen and oxygen atoms in total. The summed E-state index contributed by atoms with van der Waals surface area (Å²) in [4.78, 5) is 12.5. The van der Waals surface area contributed by atoms with E-state index in [-0.39, 0.29) is 11.9 Å². The van der Waals surface area contributed by atoms with Gasteiger partial charge in [0, 0.05) is 23.5 Å². The molecule has 0 aliphatic carbocycles. The van der Waals surface area contributed by atoms with Crippen LogP contribution in [0.25, 0.3) is 5.69 Å². The summed E-state index contributed by atoms with van der Waals surface area (Å²) in [5, 5.41) is 0. The molecule has 0 radical (unpaired) electrons. The fourth-order valence-electron chi connectivity index (χ4n) is 5.23. The van der Waals surface area contributed by atoms with E-state index >= 15 is 0 Å². The lowest BCUT2D eigenvalue weighted by Gasteiger charge is -2.22. The van der Waals surface area contributed by atoms with E-state index in [1.54, 1.807) is 7.11 Å². The quantitative estimate of drug-likeness (QED) is 0.348. The molecule has 0 bridgehead atoms. The summed E-state index contributed by atoms with van der Waals surface area (Å²) in [6, 6.07) is 17.0. The number of esters is 1. The monoisotopic (exact) mass is 461 g/mol. The summed E-state index contributed by atoms with van der Waals surface area (Å²) in [5.41, 5.74) is 6.11. The maximum Gasteiger partial charge on any atom is 0.306 e. The Bertz CT molecular complexity index is 1130. The molecule has 1 aliphatic rings. The van der Waals surface area contributed by atoms with Crippen LogP contribution in [0.2, 0.25) is 0 Å². The number of carbonyl (C=O) groups excluding carboxylic acids is 1. The van der Waals surface area contributed by atoms with Gasteiger partial charge in [0.15, 0.2) is 11.5 Å². The molecular weight excluding hydrogens is 426 g/mol. The van der Waals surface area contributed by atoms with Crippen LogP contribution in [0.4, 0.5) is 0 Å². The van der Waals surface area contributed by atoms with E-state index in [0.717, 1.165) is 36.3 Å². The number of fused-ring (bicyclic) bond motifs is 3. The Hall–Kier alpha value is -3.21. The molecule has 0 amide bonds. The molecule has 0 saturated heterocycles. The number of hydrogen-bond donors (Lipinski definition) is 0. The van der Waals surface area contributed by atoms with Crippen molar-refractivity contribution < 1.29 is 19.0 Å². The third-order valence-electron chi connectivity index (χ3n) is 6.69. The Morgan fingerprint density at radius 2 is 1.91 bits per heavy atom. The molecule has 0 spiro atoms. The highest BCUT2D eigenvalue weighted by Crippen LogP contribution is 2.43. The van der Waals surface area contributed by atoms with Gasteiger partial charge in [-0.1, -0.05) is 29.8 Å². The van der Waals surface area contributed by atoms with E-state index in [1.807, 2.05) is 26.0 Å². The number of nitrogens with zero attached hydrogens (tertiary/aromatic N) is 1. The van der Waals surface area contributed by atoms with Crippen molar-refractivity contribution in [3.63, 3.8) is 0 Å². The summed E-state index contributed by atoms with van der Waals surface area (Å²) in [6.45, 7) is 6.99. The van der Waals surface area contributed by atoms with Crippen molar-refractivity contribution in [3.8, 4) is 17.2 Å². The van der Waals surface area contributed by atoms with Gasteiger partial charge in [-0.05, 0) is 81.3 Å². The molecule has 5 heteroatoms. The number of benzene rings is 2. The molecule has 34 heavy (non-hydrogen) atoms. The second kappa shape index (κ2) is 10.8. The lowest BCUT2D eigenvalue weighted by molar-refractivity contribution is -0.143. The summed E-state index contributed by atoms with van der Waals surface area (Å²) in [6.07, 6.45) is 5.21. The van der Waals surface area contributed by atoms with E-state index < -0.39 is 0 Å². The highest BCUT2D eigenvalue weighted by molar-refractivity contribution is 5.70. The third kappa shape index (κ3) is 4.98. The van der Waals surface area contributed by atoms with E-state index in [1.165, 1.54) is 22.5 Å². The number of ether oxygens (including phenoxy) is 3. The van der Waals surface area contributed by atoms with Gasteiger partial charge in [-0.3, -0.25) is 4.79 Å². The van der Waals surface area contributed by atoms with Crippen LogP contribution in [0.15, 0.2) is 54.7 Å². The summed E-state index contributed by atoms with van der Waals surface area (Å²) in [5.74, 6) is 1.87. The maximum absolute atomic E-state index is 12.5. The zero-order valence-corrected chi connectivity index (χ0v) is 20.7. The zero-order chi connectivity index (χ0) is 24.1. The number of para-hydroxylation sites is 1. The SMILES string of the molecule is CCOC(=O)C[C@@H]1CC(CCc2cccc(OCC)c2OC)c2cc(C)ccc2-n2cccc21.